The summed E-state index contributed by atoms with van der Waals surface area (Å²) in [5, 5.41) is 0. The van der Waals surface area contributed by atoms with Gasteiger partial charge in [0.15, 0.2) is 0 Å². The SMILES string of the molecule is Cc1ccc(-n2c(-c3ccc(C#Cc4ccccc4)cc3)cc3c2cc(-c2ccc(C#Cc4ccccc4)cc2)n3-c2ccc(C)cc2)cc1. The van der Waals surface area contributed by atoms with E-state index < -0.39 is 0 Å². The van der Waals surface area contributed by atoms with Gasteiger partial charge in [-0.05, 0) is 110 Å². The molecule has 2 aromatic heterocycles. The quantitative estimate of drug-likeness (QED) is 0.170. The standard InChI is InChI=1S/C48H34N2/c1-35-13-29-43(30-14-35)49-45(41-25-21-39(22-26-41)19-17-37-9-5-3-6-10-37)33-48-47(49)34-46(50(48)44-31-15-36(2)16-32-44)42-27-23-40(24-28-42)20-18-38-11-7-4-8-12-38/h3-16,21-34H,1-2H3. The molecule has 0 N–H and O–H groups in total. The molecule has 0 bridgehead atoms. The van der Waals surface area contributed by atoms with Crippen LogP contribution in [0, 0.1) is 37.5 Å². The lowest BCUT2D eigenvalue weighted by molar-refractivity contribution is 1.13. The fourth-order valence-electron chi connectivity index (χ4n) is 6.30. The van der Waals surface area contributed by atoms with Crippen LogP contribution in [0.15, 0.2) is 170 Å². The van der Waals surface area contributed by atoms with Crippen molar-refractivity contribution in [1.29, 1.82) is 0 Å². The number of aromatic nitrogens is 2. The van der Waals surface area contributed by atoms with Crippen LogP contribution in [0.5, 0.6) is 0 Å². The highest BCUT2D eigenvalue weighted by Crippen LogP contribution is 2.38. The van der Waals surface area contributed by atoms with Gasteiger partial charge in [0.1, 0.15) is 0 Å². The summed E-state index contributed by atoms with van der Waals surface area (Å²) in [4.78, 5) is 0. The zero-order valence-corrected chi connectivity index (χ0v) is 28.1. The van der Waals surface area contributed by atoms with E-state index >= 15 is 0 Å². The number of aryl methyl sites for hydroxylation is 2. The number of benzene rings is 6. The van der Waals surface area contributed by atoms with E-state index in [0.717, 1.165) is 67.2 Å². The Kier molecular flexibility index (Phi) is 8.20. The molecule has 0 spiro atoms. The number of nitrogens with zero attached hydrogens (tertiary/aromatic N) is 2. The first-order chi connectivity index (χ1) is 24.6. The van der Waals surface area contributed by atoms with Crippen molar-refractivity contribution >= 4 is 11.0 Å². The van der Waals surface area contributed by atoms with Gasteiger partial charge in [-0.1, -0.05) is 120 Å². The van der Waals surface area contributed by atoms with Crippen LogP contribution < -0.4 is 0 Å². The van der Waals surface area contributed by atoms with E-state index in [4.69, 9.17) is 0 Å². The third kappa shape index (κ3) is 6.27. The number of rotatable bonds is 4. The Morgan fingerprint density at radius 3 is 1.00 bits per heavy atom. The lowest BCUT2D eigenvalue weighted by Crippen LogP contribution is -1.97. The molecule has 0 radical (unpaired) electrons. The minimum Gasteiger partial charge on any atom is -0.308 e. The molecule has 8 aromatic rings. The number of hydrogen-bond donors (Lipinski definition) is 0. The molecule has 0 saturated heterocycles. The molecular formula is C48H34N2. The van der Waals surface area contributed by atoms with Crippen LogP contribution in [0.1, 0.15) is 33.4 Å². The molecule has 2 heteroatoms. The zero-order chi connectivity index (χ0) is 33.9. The summed E-state index contributed by atoms with van der Waals surface area (Å²) in [5.74, 6) is 13.2. The van der Waals surface area contributed by atoms with Gasteiger partial charge in [-0.25, -0.2) is 0 Å². The first-order valence-electron chi connectivity index (χ1n) is 16.9. The Hall–Kier alpha value is -6.74. The second-order valence-corrected chi connectivity index (χ2v) is 12.6. The number of fused-ring (bicyclic) bond motifs is 1. The summed E-state index contributed by atoms with van der Waals surface area (Å²) in [6.45, 7) is 4.26. The van der Waals surface area contributed by atoms with Crippen molar-refractivity contribution in [2.24, 2.45) is 0 Å². The molecule has 2 heterocycles. The van der Waals surface area contributed by atoms with Gasteiger partial charge in [0, 0.05) is 33.6 Å². The predicted octanol–water partition coefficient (Wildman–Crippen LogP) is 11.2. The fraction of sp³-hybridized carbons (Fsp3) is 0.0417. The van der Waals surface area contributed by atoms with Gasteiger partial charge in [0.2, 0.25) is 0 Å². The van der Waals surface area contributed by atoms with E-state index in [0.29, 0.717) is 0 Å². The van der Waals surface area contributed by atoms with Crippen molar-refractivity contribution in [3.05, 3.63) is 203 Å². The molecule has 0 amide bonds. The summed E-state index contributed by atoms with van der Waals surface area (Å²) in [6, 6.07) is 59.6. The second kappa shape index (κ2) is 13.4. The zero-order valence-electron chi connectivity index (χ0n) is 28.1. The molecule has 50 heavy (non-hydrogen) atoms. The van der Waals surface area contributed by atoms with Crippen molar-refractivity contribution < 1.29 is 0 Å². The summed E-state index contributed by atoms with van der Waals surface area (Å²) < 4.78 is 4.76. The molecule has 0 saturated carbocycles. The molecule has 0 unspecified atom stereocenters. The van der Waals surface area contributed by atoms with E-state index in [1.54, 1.807) is 0 Å². The molecule has 0 aliphatic carbocycles. The molecule has 2 nitrogen and oxygen atoms in total. The first-order valence-corrected chi connectivity index (χ1v) is 16.9. The summed E-state index contributed by atoms with van der Waals surface area (Å²) in [5.41, 5.74) is 15.5. The van der Waals surface area contributed by atoms with Crippen LogP contribution in [-0.2, 0) is 0 Å². The van der Waals surface area contributed by atoms with Crippen LogP contribution in [0.25, 0.3) is 44.9 Å². The molecular weight excluding hydrogens is 605 g/mol. The van der Waals surface area contributed by atoms with Crippen molar-refractivity contribution in [1.82, 2.24) is 9.13 Å². The van der Waals surface area contributed by atoms with Crippen LogP contribution in [0.2, 0.25) is 0 Å². The van der Waals surface area contributed by atoms with Gasteiger partial charge in [-0.15, -0.1) is 0 Å². The minimum atomic E-state index is 0.985. The molecule has 6 aromatic carbocycles. The topological polar surface area (TPSA) is 9.86 Å². The summed E-state index contributed by atoms with van der Waals surface area (Å²) >= 11 is 0. The molecule has 0 aliphatic rings. The largest absolute Gasteiger partial charge is 0.308 e. The highest BCUT2D eigenvalue weighted by molar-refractivity contribution is 5.93. The second-order valence-electron chi connectivity index (χ2n) is 12.6. The molecule has 0 aliphatic heterocycles. The van der Waals surface area contributed by atoms with Crippen molar-refractivity contribution in [2.75, 3.05) is 0 Å². The Balaban J connectivity index is 1.27. The Morgan fingerprint density at radius 2 is 0.660 bits per heavy atom. The highest BCUT2D eigenvalue weighted by atomic mass is 15.1. The van der Waals surface area contributed by atoms with Gasteiger partial charge >= 0.3 is 0 Å². The Labute approximate surface area is 293 Å². The summed E-state index contributed by atoms with van der Waals surface area (Å²) in [6.07, 6.45) is 0. The van der Waals surface area contributed by atoms with E-state index in [-0.39, 0.29) is 0 Å². The average molecular weight is 639 g/mol. The monoisotopic (exact) mass is 638 g/mol. The Morgan fingerprint density at radius 1 is 0.340 bits per heavy atom. The fourth-order valence-corrected chi connectivity index (χ4v) is 6.30. The highest BCUT2D eigenvalue weighted by Gasteiger charge is 2.21. The Bertz CT molecular complexity index is 2360. The van der Waals surface area contributed by atoms with E-state index in [1.807, 2.05) is 60.7 Å². The maximum Gasteiger partial charge on any atom is 0.0724 e. The van der Waals surface area contributed by atoms with Gasteiger partial charge < -0.3 is 9.13 Å². The van der Waals surface area contributed by atoms with Gasteiger partial charge in [-0.2, -0.15) is 0 Å². The third-order valence-corrected chi connectivity index (χ3v) is 8.97. The third-order valence-electron chi connectivity index (χ3n) is 8.97. The molecule has 0 fully saturated rings. The predicted molar refractivity (Wildman–Crippen MR) is 208 cm³/mol. The maximum atomic E-state index is 3.33. The van der Waals surface area contributed by atoms with Crippen molar-refractivity contribution in [2.45, 2.75) is 13.8 Å². The van der Waals surface area contributed by atoms with Crippen LogP contribution >= 0.6 is 0 Å². The lowest BCUT2D eigenvalue weighted by atomic mass is 10.1. The van der Waals surface area contributed by atoms with E-state index in [2.05, 4.69) is 156 Å². The van der Waals surface area contributed by atoms with Crippen molar-refractivity contribution in [3.8, 4) is 57.6 Å². The lowest BCUT2D eigenvalue weighted by Gasteiger charge is -2.12. The van der Waals surface area contributed by atoms with Crippen LogP contribution in [0.3, 0.4) is 0 Å². The number of hydrogen-bond acceptors (Lipinski definition) is 0. The van der Waals surface area contributed by atoms with Gasteiger partial charge in [0.05, 0.1) is 22.4 Å². The van der Waals surface area contributed by atoms with E-state index in [1.165, 1.54) is 11.1 Å². The molecule has 8 rings (SSSR count). The summed E-state index contributed by atoms with van der Waals surface area (Å²) in [7, 11) is 0. The van der Waals surface area contributed by atoms with Gasteiger partial charge in [0.25, 0.3) is 0 Å². The maximum absolute atomic E-state index is 3.33. The first kappa shape index (κ1) is 30.6. The van der Waals surface area contributed by atoms with Crippen LogP contribution in [0.4, 0.5) is 0 Å². The smallest absolute Gasteiger partial charge is 0.0724 e. The average Bonchev–Trinajstić information content (AvgIpc) is 3.72. The van der Waals surface area contributed by atoms with Crippen molar-refractivity contribution in [3.63, 3.8) is 0 Å². The van der Waals surface area contributed by atoms with Crippen LogP contribution in [-0.4, -0.2) is 9.13 Å². The minimum absolute atomic E-state index is 0.985. The molecule has 0 atom stereocenters. The van der Waals surface area contributed by atoms with Gasteiger partial charge in [-0.3, -0.25) is 0 Å². The molecule has 236 valence electrons. The van der Waals surface area contributed by atoms with E-state index in [9.17, 15) is 0 Å². The normalized spacial score (nSPS) is 10.7.